The lowest BCUT2D eigenvalue weighted by atomic mass is 9.50. The van der Waals surface area contributed by atoms with Crippen molar-refractivity contribution in [1.82, 2.24) is 4.90 Å². The molecular formula is C32H33NO13. The molecule has 1 saturated heterocycles. The molecule has 1 spiro atoms. The highest BCUT2D eigenvalue weighted by Gasteiger charge is 2.72. The van der Waals surface area contributed by atoms with E-state index in [0.29, 0.717) is 24.9 Å². The first-order valence-electron chi connectivity index (χ1n) is 14.7. The van der Waals surface area contributed by atoms with Gasteiger partial charge in [0, 0.05) is 23.6 Å². The number of aliphatic hydroxyl groups excluding tert-OH is 2. The van der Waals surface area contributed by atoms with Gasteiger partial charge in [-0.3, -0.25) is 0 Å². The molecule has 8 atom stereocenters. The number of nitrogens with zero attached hydrogens (tertiary/aromatic N) is 1. The molecule has 46 heavy (non-hydrogen) atoms. The maximum Gasteiger partial charge on any atom is 0.349 e. The standard InChI is InChI=1S/C32H33NO13/c1-15(28(39)46-24(27(37)38)16-6-4-3-5-7-16)43-29(40)22(35)23(36)30(41)44-19-10-11-32(42)20-14-17-8-9-18(34)25-21(17)31(32,26(19)45-25)12-13-33(20)2/h3-10,15,20,22-24,26,34-36,42H,11-14H2,1-2H3,(H,37,38)/t15-,20+,22+,23+,24-,26-,31-,32+/m0/s1. The average molecular weight is 640 g/mol. The van der Waals surface area contributed by atoms with Gasteiger partial charge < -0.3 is 49.4 Å². The molecule has 0 amide bonds. The Hall–Kier alpha value is -4.50. The fourth-order valence-electron chi connectivity index (χ4n) is 7.26. The van der Waals surface area contributed by atoms with Gasteiger partial charge in [0.1, 0.15) is 5.76 Å². The lowest BCUT2D eigenvalue weighted by Crippen LogP contribution is -2.74. The van der Waals surface area contributed by atoms with Crippen LogP contribution in [0.15, 0.2) is 54.3 Å². The number of rotatable bonds is 9. The number of aliphatic hydroxyl groups is 3. The Morgan fingerprint density at radius 3 is 2.39 bits per heavy atom. The molecule has 2 aromatic carbocycles. The number of aliphatic carboxylic acids is 1. The van der Waals surface area contributed by atoms with Gasteiger partial charge in [-0.2, -0.15) is 0 Å². The minimum absolute atomic E-state index is 0.0552. The molecule has 2 aliphatic heterocycles. The van der Waals surface area contributed by atoms with E-state index >= 15 is 0 Å². The first-order chi connectivity index (χ1) is 21.8. The lowest BCUT2D eigenvalue weighted by Gasteiger charge is -2.61. The van der Waals surface area contributed by atoms with E-state index < -0.39 is 65.4 Å². The molecule has 14 nitrogen and oxygen atoms in total. The number of benzene rings is 2. The van der Waals surface area contributed by atoms with E-state index in [1.165, 1.54) is 24.3 Å². The molecule has 244 valence electrons. The van der Waals surface area contributed by atoms with Crippen molar-refractivity contribution in [3.8, 4) is 11.5 Å². The predicted octanol–water partition coefficient (Wildman–Crippen LogP) is 0.236. The summed E-state index contributed by atoms with van der Waals surface area (Å²) in [7, 11) is 1.91. The second-order valence-electron chi connectivity index (χ2n) is 12.1. The topological polar surface area (TPSA) is 210 Å². The van der Waals surface area contributed by atoms with Crippen LogP contribution in [-0.4, -0.2) is 104 Å². The Labute approximate surface area is 262 Å². The molecule has 0 unspecified atom stereocenters. The highest BCUT2D eigenvalue weighted by Crippen LogP contribution is 2.65. The van der Waals surface area contributed by atoms with E-state index in [1.54, 1.807) is 24.3 Å². The summed E-state index contributed by atoms with van der Waals surface area (Å²) >= 11 is 0. The maximum atomic E-state index is 13.0. The van der Waals surface area contributed by atoms with Crippen LogP contribution in [0.1, 0.15) is 42.6 Å². The van der Waals surface area contributed by atoms with Gasteiger partial charge in [0.05, 0.1) is 11.0 Å². The second kappa shape index (κ2) is 11.4. The number of ether oxygens (including phenoxy) is 4. The van der Waals surface area contributed by atoms with Crippen LogP contribution in [0.25, 0.3) is 0 Å². The first kappa shape index (κ1) is 31.5. The number of carbonyl (C=O) groups is 4. The van der Waals surface area contributed by atoms with Crippen molar-refractivity contribution in [2.24, 2.45) is 0 Å². The molecule has 1 fully saturated rings. The third-order valence-electron chi connectivity index (χ3n) is 9.54. The van der Waals surface area contributed by atoms with Gasteiger partial charge in [-0.25, -0.2) is 19.2 Å². The smallest absolute Gasteiger partial charge is 0.349 e. The monoisotopic (exact) mass is 639 g/mol. The Kier molecular flexibility index (Phi) is 7.79. The number of carboxylic acids is 1. The highest BCUT2D eigenvalue weighted by atomic mass is 16.6. The first-order valence-corrected chi connectivity index (χ1v) is 14.7. The molecule has 0 aromatic heterocycles. The number of aromatic hydroxyl groups is 1. The van der Waals surface area contributed by atoms with Crippen molar-refractivity contribution in [2.75, 3.05) is 13.6 Å². The number of carbonyl (C=O) groups excluding carboxylic acids is 3. The number of esters is 3. The minimum Gasteiger partial charge on any atom is -0.504 e. The fraction of sp³-hybridized carbons (Fsp3) is 0.438. The number of carboxylic acid groups (broad SMARTS) is 1. The SMILES string of the molecule is C[C@H](OC(=O)[C@H](O)[C@@H](O)C(=O)OC1=CC[C@@]2(O)[C@H]3Cc4ccc(O)c5c4[C@@]2(CCN3C)[C@H]1O5)C(=O)O[C@H](C(=O)O)c1ccccc1. The van der Waals surface area contributed by atoms with E-state index in [0.717, 1.165) is 12.5 Å². The number of phenols is 1. The molecule has 0 radical (unpaired) electrons. The summed E-state index contributed by atoms with van der Waals surface area (Å²) in [5.41, 5.74) is -0.733. The Morgan fingerprint density at radius 1 is 1.00 bits per heavy atom. The van der Waals surface area contributed by atoms with Gasteiger partial charge in [0.15, 0.2) is 35.9 Å². The molecule has 2 aromatic rings. The molecule has 2 bridgehead atoms. The fourth-order valence-corrected chi connectivity index (χ4v) is 7.26. The number of likely N-dealkylation sites (tertiary alicyclic amines) is 1. The Balaban J connectivity index is 1.14. The van der Waals surface area contributed by atoms with Crippen molar-refractivity contribution < 1.29 is 63.7 Å². The Morgan fingerprint density at radius 2 is 1.70 bits per heavy atom. The molecule has 2 heterocycles. The third kappa shape index (κ3) is 4.71. The van der Waals surface area contributed by atoms with Crippen LogP contribution in [0.4, 0.5) is 0 Å². The van der Waals surface area contributed by atoms with E-state index in [4.69, 9.17) is 18.9 Å². The summed E-state index contributed by atoms with van der Waals surface area (Å²) in [6.07, 6.45) is -7.01. The minimum atomic E-state index is -2.49. The van der Waals surface area contributed by atoms with E-state index in [1.807, 2.05) is 7.05 Å². The summed E-state index contributed by atoms with van der Waals surface area (Å²) in [6.45, 7) is 1.64. The van der Waals surface area contributed by atoms with Crippen molar-refractivity contribution in [2.45, 2.75) is 73.8 Å². The van der Waals surface area contributed by atoms with Gasteiger partial charge in [-0.1, -0.05) is 36.4 Å². The van der Waals surface area contributed by atoms with Crippen molar-refractivity contribution >= 4 is 23.9 Å². The molecule has 5 N–H and O–H groups in total. The zero-order valence-electron chi connectivity index (χ0n) is 24.9. The van der Waals surface area contributed by atoms with Crippen LogP contribution in [0.2, 0.25) is 0 Å². The zero-order valence-corrected chi connectivity index (χ0v) is 24.9. The second-order valence-corrected chi connectivity index (χ2v) is 12.1. The Bertz CT molecular complexity index is 1630. The predicted molar refractivity (Wildman–Crippen MR) is 153 cm³/mol. The molecule has 4 aliphatic rings. The van der Waals surface area contributed by atoms with Crippen LogP contribution in [0.5, 0.6) is 11.5 Å². The lowest BCUT2D eigenvalue weighted by molar-refractivity contribution is -0.186. The number of phenolic OH excluding ortho intramolecular Hbond substituents is 1. The molecule has 0 saturated carbocycles. The van der Waals surface area contributed by atoms with Crippen LogP contribution < -0.4 is 4.74 Å². The number of piperidine rings is 1. The number of likely N-dealkylation sites (N-methyl/N-ethyl adjacent to an activating group) is 1. The van der Waals surface area contributed by atoms with Crippen LogP contribution in [0.3, 0.4) is 0 Å². The average Bonchev–Trinajstić information content (AvgIpc) is 3.39. The number of hydrogen-bond donors (Lipinski definition) is 5. The van der Waals surface area contributed by atoms with E-state index in [9.17, 15) is 44.7 Å². The molecule has 2 aliphatic carbocycles. The van der Waals surface area contributed by atoms with Crippen molar-refractivity contribution in [3.63, 3.8) is 0 Å². The van der Waals surface area contributed by atoms with Gasteiger partial charge in [-0.15, -0.1) is 0 Å². The normalized spacial score (nSPS) is 28.3. The summed E-state index contributed by atoms with van der Waals surface area (Å²) < 4.78 is 21.5. The maximum absolute atomic E-state index is 13.0. The zero-order chi connectivity index (χ0) is 33.1. The summed E-state index contributed by atoms with van der Waals surface area (Å²) in [4.78, 5) is 51.8. The largest absolute Gasteiger partial charge is 0.504 e. The molecular weight excluding hydrogens is 606 g/mol. The quantitative estimate of drug-likeness (QED) is 0.184. The summed E-state index contributed by atoms with van der Waals surface area (Å²) in [5.74, 6) is -5.78. The van der Waals surface area contributed by atoms with Gasteiger partial charge in [0.2, 0.25) is 6.10 Å². The van der Waals surface area contributed by atoms with Crippen molar-refractivity contribution in [1.29, 1.82) is 0 Å². The summed E-state index contributed by atoms with van der Waals surface area (Å²) in [5, 5.41) is 53.3. The van der Waals surface area contributed by atoms with E-state index in [-0.39, 0.29) is 35.3 Å². The van der Waals surface area contributed by atoms with Crippen molar-refractivity contribution in [3.05, 3.63) is 71.0 Å². The van der Waals surface area contributed by atoms with Gasteiger partial charge >= 0.3 is 23.9 Å². The highest BCUT2D eigenvalue weighted by molar-refractivity contribution is 5.88. The van der Waals surface area contributed by atoms with Crippen LogP contribution in [0, 0.1) is 0 Å². The summed E-state index contributed by atoms with van der Waals surface area (Å²) in [6, 6.07) is 10.6. The molecule has 6 rings (SSSR count). The molecule has 14 heteroatoms. The van der Waals surface area contributed by atoms with Crippen LogP contribution >= 0.6 is 0 Å². The van der Waals surface area contributed by atoms with E-state index in [2.05, 4.69) is 4.90 Å². The van der Waals surface area contributed by atoms with Gasteiger partial charge in [0.25, 0.3) is 0 Å². The third-order valence-corrected chi connectivity index (χ3v) is 9.54. The number of hydrogen-bond acceptors (Lipinski definition) is 13. The van der Waals surface area contributed by atoms with Gasteiger partial charge in [-0.05, 0) is 51.1 Å². The van der Waals surface area contributed by atoms with Crippen LogP contribution in [-0.2, 0) is 45.2 Å².